The third-order valence-corrected chi connectivity index (χ3v) is 3.12. The van der Waals surface area contributed by atoms with Crippen LogP contribution in [0.3, 0.4) is 0 Å². The summed E-state index contributed by atoms with van der Waals surface area (Å²) in [6, 6.07) is 9.98. The molecule has 0 saturated heterocycles. The van der Waals surface area contributed by atoms with E-state index in [1.165, 1.54) is 24.8 Å². The summed E-state index contributed by atoms with van der Waals surface area (Å²) in [6.45, 7) is 0. The molecular formula is C14H8Cl4N4O. The lowest BCUT2D eigenvalue weighted by Crippen LogP contribution is -1.88. The van der Waals surface area contributed by atoms with Gasteiger partial charge in [0.15, 0.2) is 0 Å². The summed E-state index contributed by atoms with van der Waals surface area (Å²) in [5, 5.41) is 1.73. The van der Waals surface area contributed by atoms with Crippen molar-refractivity contribution in [3.05, 3.63) is 69.5 Å². The standard InChI is InChI=1S/C10H6Cl2N2O.C4H2Cl2N2/c11-7-1-3-8(4-2-7)15-10-5-9(12)13-6-14-10;5-3-1-4(6)8-2-7-3/h1-6H;1-2H. The Morgan fingerprint density at radius 3 is 1.65 bits per heavy atom. The summed E-state index contributed by atoms with van der Waals surface area (Å²) in [6.07, 6.45) is 2.65. The Labute approximate surface area is 152 Å². The van der Waals surface area contributed by atoms with E-state index in [1.54, 1.807) is 24.3 Å². The van der Waals surface area contributed by atoms with Gasteiger partial charge in [0.05, 0.1) is 0 Å². The van der Waals surface area contributed by atoms with Crippen molar-refractivity contribution >= 4 is 46.4 Å². The van der Waals surface area contributed by atoms with Crippen molar-refractivity contribution in [1.82, 2.24) is 19.9 Å². The topological polar surface area (TPSA) is 60.8 Å². The number of ether oxygens (including phenoxy) is 1. The predicted molar refractivity (Wildman–Crippen MR) is 90.6 cm³/mol. The van der Waals surface area contributed by atoms with Gasteiger partial charge < -0.3 is 4.74 Å². The Kier molecular flexibility index (Phi) is 6.80. The zero-order chi connectivity index (χ0) is 16.7. The summed E-state index contributed by atoms with van der Waals surface area (Å²) in [5.74, 6) is 1.05. The quantitative estimate of drug-likeness (QED) is 0.552. The number of aromatic nitrogens is 4. The number of rotatable bonds is 2. The second kappa shape index (κ2) is 8.84. The zero-order valence-corrected chi connectivity index (χ0v) is 14.4. The molecule has 0 unspecified atom stereocenters. The number of halogens is 4. The van der Waals surface area contributed by atoms with E-state index in [2.05, 4.69) is 19.9 Å². The average Bonchev–Trinajstić information content (AvgIpc) is 2.50. The summed E-state index contributed by atoms with van der Waals surface area (Å²) >= 11 is 22.2. The molecule has 0 bridgehead atoms. The molecule has 2 aromatic heterocycles. The van der Waals surface area contributed by atoms with Gasteiger partial charge in [-0.1, -0.05) is 46.4 Å². The van der Waals surface area contributed by atoms with Crippen molar-refractivity contribution in [2.24, 2.45) is 0 Å². The fourth-order valence-corrected chi connectivity index (χ4v) is 1.92. The van der Waals surface area contributed by atoms with Crippen molar-refractivity contribution in [1.29, 1.82) is 0 Å². The molecule has 118 valence electrons. The molecule has 0 fully saturated rings. The summed E-state index contributed by atoms with van der Waals surface area (Å²) in [4.78, 5) is 14.9. The fourth-order valence-electron chi connectivity index (χ4n) is 1.31. The van der Waals surface area contributed by atoms with E-state index in [0.717, 1.165) is 0 Å². The molecule has 3 rings (SSSR count). The summed E-state index contributed by atoms with van der Waals surface area (Å²) < 4.78 is 5.42. The SMILES string of the molecule is Clc1cc(Cl)ncn1.Clc1ccc(Oc2cc(Cl)ncn2)cc1. The third kappa shape index (κ3) is 6.54. The maximum Gasteiger partial charge on any atom is 0.223 e. The zero-order valence-electron chi connectivity index (χ0n) is 11.3. The molecule has 0 spiro atoms. The molecule has 2 heterocycles. The van der Waals surface area contributed by atoms with Crippen LogP contribution in [0.5, 0.6) is 11.6 Å². The number of benzene rings is 1. The second-order valence-corrected chi connectivity index (χ2v) is 5.50. The van der Waals surface area contributed by atoms with Crippen LogP contribution in [0.1, 0.15) is 0 Å². The van der Waals surface area contributed by atoms with Gasteiger partial charge in [-0.3, -0.25) is 0 Å². The number of hydrogen-bond donors (Lipinski definition) is 0. The third-order valence-electron chi connectivity index (χ3n) is 2.25. The van der Waals surface area contributed by atoms with E-state index >= 15 is 0 Å². The highest BCUT2D eigenvalue weighted by molar-refractivity contribution is 6.33. The van der Waals surface area contributed by atoms with Gasteiger partial charge >= 0.3 is 0 Å². The van der Waals surface area contributed by atoms with Crippen molar-refractivity contribution in [2.45, 2.75) is 0 Å². The van der Waals surface area contributed by atoms with Crippen molar-refractivity contribution in [3.8, 4) is 11.6 Å². The highest BCUT2D eigenvalue weighted by Gasteiger charge is 1.99. The van der Waals surface area contributed by atoms with Gasteiger partial charge in [0, 0.05) is 17.2 Å². The van der Waals surface area contributed by atoms with Gasteiger partial charge in [-0.05, 0) is 24.3 Å². The molecule has 0 atom stereocenters. The van der Waals surface area contributed by atoms with Crippen LogP contribution in [0.15, 0.2) is 49.1 Å². The van der Waals surface area contributed by atoms with Crippen LogP contribution >= 0.6 is 46.4 Å². The highest BCUT2D eigenvalue weighted by atomic mass is 35.5. The summed E-state index contributed by atoms with van der Waals surface area (Å²) in [7, 11) is 0. The lowest BCUT2D eigenvalue weighted by Gasteiger charge is -2.03. The van der Waals surface area contributed by atoms with Crippen LogP contribution in [-0.4, -0.2) is 19.9 Å². The van der Waals surface area contributed by atoms with Gasteiger partial charge in [-0.2, -0.15) is 0 Å². The molecule has 0 aliphatic rings. The first kappa shape index (κ1) is 17.7. The molecule has 3 aromatic rings. The van der Waals surface area contributed by atoms with Gasteiger partial charge in [0.25, 0.3) is 0 Å². The van der Waals surface area contributed by atoms with Gasteiger partial charge in [0.2, 0.25) is 5.88 Å². The van der Waals surface area contributed by atoms with E-state index in [-0.39, 0.29) is 0 Å². The highest BCUT2D eigenvalue weighted by Crippen LogP contribution is 2.22. The Bertz CT molecular complexity index is 753. The Balaban J connectivity index is 0.000000203. The summed E-state index contributed by atoms with van der Waals surface area (Å²) in [5.41, 5.74) is 0. The first-order valence-corrected chi connectivity index (χ1v) is 7.58. The average molecular weight is 390 g/mol. The van der Waals surface area contributed by atoms with Crippen molar-refractivity contribution in [2.75, 3.05) is 0 Å². The Morgan fingerprint density at radius 2 is 1.17 bits per heavy atom. The lowest BCUT2D eigenvalue weighted by molar-refractivity contribution is 0.461. The van der Waals surface area contributed by atoms with E-state index in [0.29, 0.717) is 32.1 Å². The largest absolute Gasteiger partial charge is 0.439 e. The molecule has 0 N–H and O–H groups in total. The van der Waals surface area contributed by atoms with Crippen LogP contribution < -0.4 is 4.74 Å². The molecule has 0 aliphatic carbocycles. The Morgan fingerprint density at radius 1 is 0.652 bits per heavy atom. The number of nitrogens with zero attached hydrogens (tertiary/aromatic N) is 4. The minimum absolute atomic E-state index is 0.342. The molecule has 9 heteroatoms. The lowest BCUT2D eigenvalue weighted by atomic mass is 10.3. The minimum Gasteiger partial charge on any atom is -0.439 e. The smallest absolute Gasteiger partial charge is 0.223 e. The molecule has 5 nitrogen and oxygen atoms in total. The van der Waals surface area contributed by atoms with Gasteiger partial charge in [0.1, 0.15) is 33.9 Å². The molecule has 23 heavy (non-hydrogen) atoms. The first-order valence-electron chi connectivity index (χ1n) is 6.07. The first-order chi connectivity index (χ1) is 11.0. The van der Waals surface area contributed by atoms with Crippen LogP contribution in [-0.2, 0) is 0 Å². The minimum atomic E-state index is 0.342. The molecule has 1 aromatic carbocycles. The number of hydrogen-bond acceptors (Lipinski definition) is 5. The molecule has 0 aliphatic heterocycles. The van der Waals surface area contributed by atoms with Crippen LogP contribution in [0.4, 0.5) is 0 Å². The van der Waals surface area contributed by atoms with E-state index in [9.17, 15) is 0 Å². The molecule has 0 saturated carbocycles. The van der Waals surface area contributed by atoms with Gasteiger partial charge in [-0.25, -0.2) is 19.9 Å². The molecule has 0 radical (unpaired) electrons. The fraction of sp³-hybridized carbons (Fsp3) is 0. The van der Waals surface area contributed by atoms with Crippen LogP contribution in [0, 0.1) is 0 Å². The maximum absolute atomic E-state index is 5.74. The van der Waals surface area contributed by atoms with Crippen molar-refractivity contribution in [3.63, 3.8) is 0 Å². The van der Waals surface area contributed by atoms with E-state index in [1.807, 2.05) is 0 Å². The maximum atomic E-state index is 5.74. The van der Waals surface area contributed by atoms with Gasteiger partial charge in [-0.15, -0.1) is 0 Å². The van der Waals surface area contributed by atoms with E-state index in [4.69, 9.17) is 51.1 Å². The van der Waals surface area contributed by atoms with Crippen LogP contribution in [0.2, 0.25) is 20.5 Å². The molecular weight excluding hydrogens is 382 g/mol. The Hall–Kier alpha value is -1.66. The van der Waals surface area contributed by atoms with E-state index < -0.39 is 0 Å². The van der Waals surface area contributed by atoms with Crippen molar-refractivity contribution < 1.29 is 4.74 Å². The molecule has 0 amide bonds. The van der Waals surface area contributed by atoms with Crippen LogP contribution in [0.25, 0.3) is 0 Å². The predicted octanol–water partition coefficient (Wildman–Crippen LogP) is 5.36. The normalized spacial score (nSPS) is 9.74. The second-order valence-electron chi connectivity index (χ2n) is 3.90. The monoisotopic (exact) mass is 388 g/mol.